The van der Waals surface area contributed by atoms with Gasteiger partial charge in [0.15, 0.2) is 0 Å². The largest absolute Gasteiger partial charge is 0.340 e. The first-order chi connectivity index (χ1) is 15.5. The molecule has 7 heteroatoms. The minimum Gasteiger partial charge on any atom is -0.340 e. The summed E-state index contributed by atoms with van der Waals surface area (Å²) in [6.45, 7) is 3.87. The van der Waals surface area contributed by atoms with E-state index >= 15 is 0 Å². The van der Waals surface area contributed by atoms with E-state index in [1.165, 1.54) is 0 Å². The molecular weight excluding hydrogens is 426 g/mol. The van der Waals surface area contributed by atoms with Crippen LogP contribution >= 0.6 is 11.6 Å². The first-order valence-corrected chi connectivity index (χ1v) is 11.5. The summed E-state index contributed by atoms with van der Waals surface area (Å²) in [4.78, 5) is 43.3. The number of carbonyl (C=O) groups excluding carboxylic acids is 3. The maximum absolute atomic E-state index is 13.3. The molecule has 168 valence electrons. The highest BCUT2D eigenvalue weighted by Gasteiger charge is 2.30. The Hall–Kier alpha value is -2.70. The summed E-state index contributed by atoms with van der Waals surface area (Å²) in [6, 6.07) is 12.2. The molecule has 0 saturated carbocycles. The van der Waals surface area contributed by atoms with Gasteiger partial charge in [0.25, 0.3) is 5.91 Å². The quantitative estimate of drug-likeness (QED) is 0.660. The molecule has 2 heterocycles. The Labute approximate surface area is 193 Å². The van der Waals surface area contributed by atoms with Crippen molar-refractivity contribution in [2.75, 3.05) is 44.7 Å². The van der Waals surface area contributed by atoms with Crippen molar-refractivity contribution in [1.82, 2.24) is 9.80 Å². The smallest absolute Gasteiger partial charge is 0.258 e. The van der Waals surface area contributed by atoms with E-state index in [9.17, 15) is 14.4 Å². The Bertz CT molecular complexity index is 1000. The number of halogens is 1. The topological polar surface area (TPSA) is 60.9 Å². The summed E-state index contributed by atoms with van der Waals surface area (Å²) in [5.74, 6) is 0.0708. The Morgan fingerprint density at radius 2 is 1.75 bits per heavy atom. The van der Waals surface area contributed by atoms with Crippen LogP contribution in [0.25, 0.3) is 0 Å². The van der Waals surface area contributed by atoms with Crippen LogP contribution in [0.1, 0.15) is 51.5 Å². The highest BCUT2D eigenvalue weighted by molar-refractivity contribution is 6.30. The van der Waals surface area contributed by atoms with Crippen molar-refractivity contribution in [3.05, 3.63) is 64.2 Å². The van der Waals surface area contributed by atoms with Gasteiger partial charge in [0.1, 0.15) is 6.29 Å². The number of amides is 2. The van der Waals surface area contributed by atoms with Gasteiger partial charge in [-0.3, -0.25) is 14.4 Å². The number of hydrogen-bond donors (Lipinski definition) is 0. The Morgan fingerprint density at radius 3 is 2.44 bits per heavy atom. The maximum Gasteiger partial charge on any atom is 0.258 e. The summed E-state index contributed by atoms with van der Waals surface area (Å²) in [5.41, 5.74) is 2.83. The molecule has 1 fully saturated rings. The standard InChI is InChI=1S/C25H28ClN3O3/c1-27-11-13-28(14-12-27)24(31)15-20-3-2-10-29(23-9-8-21(26)16-22(20)23)25(32)19-6-4-18(17-30)5-7-19/h4-9,16-17,20H,2-3,10-15H2,1H3. The summed E-state index contributed by atoms with van der Waals surface area (Å²) in [7, 11) is 2.07. The summed E-state index contributed by atoms with van der Waals surface area (Å²) in [5, 5.41) is 0.602. The van der Waals surface area contributed by atoms with E-state index in [1.54, 1.807) is 35.2 Å². The molecule has 32 heavy (non-hydrogen) atoms. The minimum atomic E-state index is -0.114. The van der Waals surface area contributed by atoms with Crippen LogP contribution in [-0.4, -0.2) is 67.7 Å². The molecule has 4 rings (SSSR count). The molecule has 0 aliphatic carbocycles. The van der Waals surface area contributed by atoms with Crippen molar-refractivity contribution in [3.63, 3.8) is 0 Å². The molecule has 0 aromatic heterocycles. The van der Waals surface area contributed by atoms with Gasteiger partial charge in [-0.15, -0.1) is 0 Å². The predicted octanol–water partition coefficient (Wildman–Crippen LogP) is 3.84. The molecular formula is C25H28ClN3O3. The second-order valence-corrected chi connectivity index (χ2v) is 9.06. The van der Waals surface area contributed by atoms with Gasteiger partial charge in [-0.25, -0.2) is 0 Å². The fraction of sp³-hybridized carbons (Fsp3) is 0.400. The zero-order valence-corrected chi connectivity index (χ0v) is 19.1. The lowest BCUT2D eigenvalue weighted by atomic mass is 9.90. The molecule has 0 bridgehead atoms. The Morgan fingerprint density at radius 1 is 1.03 bits per heavy atom. The molecule has 2 aromatic carbocycles. The minimum absolute atomic E-state index is 0.0195. The molecule has 0 spiro atoms. The number of anilines is 1. The first kappa shape index (κ1) is 22.5. The van der Waals surface area contributed by atoms with Gasteiger partial charge >= 0.3 is 0 Å². The number of carbonyl (C=O) groups is 3. The van der Waals surface area contributed by atoms with Gasteiger partial charge in [-0.05, 0) is 61.7 Å². The molecule has 2 aliphatic rings. The fourth-order valence-electron chi connectivity index (χ4n) is 4.55. The number of rotatable bonds is 4. The lowest BCUT2D eigenvalue weighted by Crippen LogP contribution is -2.47. The van der Waals surface area contributed by atoms with E-state index < -0.39 is 0 Å². The monoisotopic (exact) mass is 453 g/mol. The number of nitrogens with zero attached hydrogens (tertiary/aromatic N) is 3. The van der Waals surface area contributed by atoms with Gasteiger partial charge in [0, 0.05) is 61.0 Å². The van der Waals surface area contributed by atoms with Crippen LogP contribution in [0.4, 0.5) is 5.69 Å². The molecule has 2 aromatic rings. The highest BCUT2D eigenvalue weighted by Crippen LogP contribution is 2.39. The number of fused-ring (bicyclic) bond motifs is 1. The highest BCUT2D eigenvalue weighted by atomic mass is 35.5. The predicted molar refractivity (Wildman–Crippen MR) is 126 cm³/mol. The van der Waals surface area contributed by atoms with E-state index in [1.807, 2.05) is 17.0 Å². The first-order valence-electron chi connectivity index (χ1n) is 11.1. The second kappa shape index (κ2) is 9.84. The average Bonchev–Trinajstić information content (AvgIpc) is 2.98. The van der Waals surface area contributed by atoms with Crippen LogP contribution in [0, 0.1) is 0 Å². The van der Waals surface area contributed by atoms with Crippen molar-refractivity contribution in [1.29, 1.82) is 0 Å². The van der Waals surface area contributed by atoms with Crippen LogP contribution in [0.15, 0.2) is 42.5 Å². The van der Waals surface area contributed by atoms with Crippen LogP contribution < -0.4 is 4.90 Å². The van der Waals surface area contributed by atoms with Gasteiger partial charge < -0.3 is 14.7 Å². The average molecular weight is 454 g/mol. The second-order valence-electron chi connectivity index (χ2n) is 8.63. The van der Waals surface area contributed by atoms with E-state index in [0.29, 0.717) is 29.1 Å². The molecule has 2 amide bonds. The third-order valence-corrected chi connectivity index (χ3v) is 6.71. The van der Waals surface area contributed by atoms with Gasteiger partial charge in [-0.1, -0.05) is 23.7 Å². The number of piperazine rings is 1. The molecule has 0 radical (unpaired) electrons. The van der Waals surface area contributed by atoms with E-state index in [2.05, 4.69) is 11.9 Å². The molecule has 6 nitrogen and oxygen atoms in total. The molecule has 1 unspecified atom stereocenters. The molecule has 1 saturated heterocycles. The van der Waals surface area contributed by atoms with E-state index in [-0.39, 0.29) is 17.7 Å². The molecule has 0 N–H and O–H groups in total. The van der Waals surface area contributed by atoms with Gasteiger partial charge in [0.05, 0.1) is 0 Å². The molecule has 1 atom stereocenters. The van der Waals surface area contributed by atoms with Gasteiger partial charge in [0.2, 0.25) is 5.91 Å². The lowest BCUT2D eigenvalue weighted by Gasteiger charge is -2.33. The SMILES string of the molecule is CN1CCN(C(=O)CC2CCCN(C(=O)c3ccc(C=O)cc3)c3ccc(Cl)cc32)CC1. The number of likely N-dealkylation sites (N-methyl/N-ethyl adjacent to an activating group) is 1. The van der Waals surface area contributed by atoms with E-state index in [0.717, 1.165) is 56.6 Å². The normalized spacial score (nSPS) is 19.2. The lowest BCUT2D eigenvalue weighted by molar-refractivity contribution is -0.133. The van der Waals surface area contributed by atoms with E-state index in [4.69, 9.17) is 11.6 Å². The third kappa shape index (κ3) is 4.87. The zero-order chi connectivity index (χ0) is 22.7. The summed E-state index contributed by atoms with van der Waals surface area (Å²) >= 11 is 6.34. The Balaban J connectivity index is 1.59. The summed E-state index contributed by atoms with van der Waals surface area (Å²) < 4.78 is 0. The Kier molecular flexibility index (Phi) is 6.92. The van der Waals surface area contributed by atoms with Crippen molar-refractivity contribution in [3.8, 4) is 0 Å². The fourth-order valence-corrected chi connectivity index (χ4v) is 4.73. The number of hydrogen-bond acceptors (Lipinski definition) is 4. The van der Waals surface area contributed by atoms with Crippen molar-refractivity contribution >= 4 is 35.4 Å². The number of aldehydes is 1. The van der Waals surface area contributed by atoms with Crippen LogP contribution in [0.3, 0.4) is 0 Å². The summed E-state index contributed by atoms with van der Waals surface area (Å²) in [6.07, 6.45) is 2.80. The van der Waals surface area contributed by atoms with Crippen molar-refractivity contribution in [2.45, 2.75) is 25.2 Å². The van der Waals surface area contributed by atoms with Gasteiger partial charge in [-0.2, -0.15) is 0 Å². The van der Waals surface area contributed by atoms with Crippen LogP contribution in [0.2, 0.25) is 5.02 Å². The van der Waals surface area contributed by atoms with Crippen molar-refractivity contribution < 1.29 is 14.4 Å². The number of benzene rings is 2. The third-order valence-electron chi connectivity index (χ3n) is 6.47. The van der Waals surface area contributed by atoms with Crippen LogP contribution in [0.5, 0.6) is 0 Å². The van der Waals surface area contributed by atoms with Crippen molar-refractivity contribution in [2.24, 2.45) is 0 Å². The zero-order valence-electron chi connectivity index (χ0n) is 18.3. The van der Waals surface area contributed by atoms with Crippen LogP contribution in [-0.2, 0) is 4.79 Å². The molecule has 2 aliphatic heterocycles. The maximum atomic E-state index is 13.3.